The maximum absolute atomic E-state index is 12.8. The van der Waals surface area contributed by atoms with E-state index in [2.05, 4.69) is 4.98 Å². The predicted octanol–water partition coefficient (Wildman–Crippen LogP) is 3.38. The van der Waals surface area contributed by atoms with Gasteiger partial charge in [-0.25, -0.2) is 4.98 Å². The van der Waals surface area contributed by atoms with Gasteiger partial charge in [0.1, 0.15) is 12.4 Å². The SMILES string of the molecule is COCc1nc2cc(C(F)(F)F)ccc2n1CC1CCCO1. The highest BCUT2D eigenvalue weighted by Gasteiger charge is 2.31. The molecular weight excluding hydrogens is 297 g/mol. The second-order valence-corrected chi connectivity index (χ2v) is 5.41. The van der Waals surface area contributed by atoms with Crippen LogP contribution in [0.3, 0.4) is 0 Å². The number of rotatable bonds is 4. The van der Waals surface area contributed by atoms with Gasteiger partial charge in [-0.3, -0.25) is 0 Å². The molecule has 2 heterocycles. The molecule has 1 atom stereocenters. The summed E-state index contributed by atoms with van der Waals surface area (Å²) in [4.78, 5) is 4.30. The molecule has 1 aliphatic heterocycles. The minimum Gasteiger partial charge on any atom is -0.377 e. The van der Waals surface area contributed by atoms with Gasteiger partial charge in [-0.05, 0) is 31.0 Å². The van der Waals surface area contributed by atoms with E-state index in [9.17, 15) is 13.2 Å². The molecule has 0 saturated carbocycles. The molecule has 2 aromatic rings. The number of methoxy groups -OCH3 is 1. The number of hydrogen-bond donors (Lipinski definition) is 0. The first-order chi connectivity index (χ1) is 10.5. The number of nitrogens with zero attached hydrogens (tertiary/aromatic N) is 2. The number of imidazole rings is 1. The molecular formula is C15H17F3N2O2. The van der Waals surface area contributed by atoms with Crippen LogP contribution in [-0.2, 0) is 28.8 Å². The van der Waals surface area contributed by atoms with Crippen LogP contribution in [0.5, 0.6) is 0 Å². The lowest BCUT2D eigenvalue weighted by Gasteiger charge is -2.14. The van der Waals surface area contributed by atoms with Crippen molar-refractivity contribution in [2.75, 3.05) is 13.7 Å². The van der Waals surface area contributed by atoms with E-state index in [-0.39, 0.29) is 12.7 Å². The van der Waals surface area contributed by atoms with Crippen LogP contribution in [0.1, 0.15) is 24.2 Å². The number of aromatic nitrogens is 2. The highest BCUT2D eigenvalue weighted by atomic mass is 19.4. The monoisotopic (exact) mass is 314 g/mol. The molecule has 1 aliphatic rings. The predicted molar refractivity (Wildman–Crippen MR) is 74.4 cm³/mol. The standard InChI is InChI=1S/C15H17F3N2O2/c1-21-9-14-19-12-7-10(15(16,17)18)4-5-13(12)20(14)8-11-3-2-6-22-11/h4-5,7,11H,2-3,6,8-9H2,1H3. The summed E-state index contributed by atoms with van der Waals surface area (Å²) in [5, 5.41) is 0. The van der Waals surface area contributed by atoms with E-state index < -0.39 is 11.7 Å². The molecule has 120 valence electrons. The Morgan fingerprint density at radius 3 is 2.86 bits per heavy atom. The minimum atomic E-state index is -4.37. The summed E-state index contributed by atoms with van der Waals surface area (Å²) >= 11 is 0. The lowest BCUT2D eigenvalue weighted by atomic mass is 10.2. The first kappa shape index (κ1) is 15.3. The van der Waals surface area contributed by atoms with Crippen molar-refractivity contribution in [3.05, 3.63) is 29.6 Å². The van der Waals surface area contributed by atoms with Crippen molar-refractivity contribution in [1.82, 2.24) is 9.55 Å². The zero-order valence-corrected chi connectivity index (χ0v) is 12.2. The summed E-state index contributed by atoms with van der Waals surface area (Å²) in [7, 11) is 1.54. The fourth-order valence-corrected chi connectivity index (χ4v) is 2.79. The van der Waals surface area contributed by atoms with Crippen molar-refractivity contribution in [1.29, 1.82) is 0 Å². The van der Waals surface area contributed by atoms with Crippen LogP contribution < -0.4 is 0 Å². The van der Waals surface area contributed by atoms with E-state index in [0.717, 1.165) is 31.6 Å². The second-order valence-electron chi connectivity index (χ2n) is 5.41. The molecule has 0 radical (unpaired) electrons. The van der Waals surface area contributed by atoms with Crippen LogP contribution in [0.4, 0.5) is 13.2 Å². The van der Waals surface area contributed by atoms with Crippen molar-refractivity contribution in [2.45, 2.75) is 38.3 Å². The number of halogens is 3. The summed E-state index contributed by atoms with van der Waals surface area (Å²) in [6, 6.07) is 3.65. The van der Waals surface area contributed by atoms with Crippen LogP contribution >= 0.6 is 0 Å². The molecule has 0 amide bonds. The molecule has 0 aliphatic carbocycles. The van der Waals surface area contributed by atoms with Crippen LogP contribution in [0.15, 0.2) is 18.2 Å². The van der Waals surface area contributed by atoms with E-state index in [4.69, 9.17) is 9.47 Å². The fraction of sp³-hybridized carbons (Fsp3) is 0.533. The normalized spacial score (nSPS) is 19.2. The molecule has 1 unspecified atom stereocenters. The van der Waals surface area contributed by atoms with E-state index in [1.54, 1.807) is 0 Å². The van der Waals surface area contributed by atoms with Gasteiger partial charge in [-0.2, -0.15) is 13.2 Å². The number of alkyl halides is 3. The van der Waals surface area contributed by atoms with Gasteiger partial charge in [-0.15, -0.1) is 0 Å². The quantitative estimate of drug-likeness (QED) is 0.868. The molecule has 0 bridgehead atoms. The minimum absolute atomic E-state index is 0.0790. The van der Waals surface area contributed by atoms with Gasteiger partial charge in [0.05, 0.1) is 29.2 Å². The number of fused-ring (bicyclic) bond motifs is 1. The van der Waals surface area contributed by atoms with E-state index in [1.807, 2.05) is 4.57 Å². The van der Waals surface area contributed by atoms with Gasteiger partial charge in [0, 0.05) is 13.7 Å². The van der Waals surface area contributed by atoms with Crippen molar-refractivity contribution < 1.29 is 22.6 Å². The van der Waals surface area contributed by atoms with Crippen molar-refractivity contribution in [3.8, 4) is 0 Å². The van der Waals surface area contributed by atoms with Gasteiger partial charge in [0.25, 0.3) is 0 Å². The van der Waals surface area contributed by atoms with Crippen LogP contribution in [0, 0.1) is 0 Å². The third-order valence-corrected chi connectivity index (χ3v) is 3.84. The molecule has 7 heteroatoms. The highest BCUT2D eigenvalue weighted by molar-refractivity contribution is 5.77. The highest BCUT2D eigenvalue weighted by Crippen LogP contribution is 2.32. The van der Waals surface area contributed by atoms with E-state index in [0.29, 0.717) is 23.4 Å². The maximum Gasteiger partial charge on any atom is 0.416 e. The summed E-state index contributed by atoms with van der Waals surface area (Å²) < 4.78 is 51.1. The van der Waals surface area contributed by atoms with Gasteiger partial charge < -0.3 is 14.0 Å². The van der Waals surface area contributed by atoms with Crippen molar-refractivity contribution in [3.63, 3.8) is 0 Å². The molecule has 1 fully saturated rings. The fourth-order valence-electron chi connectivity index (χ4n) is 2.79. The number of hydrogen-bond acceptors (Lipinski definition) is 3. The third-order valence-electron chi connectivity index (χ3n) is 3.84. The van der Waals surface area contributed by atoms with E-state index in [1.165, 1.54) is 13.2 Å². The largest absolute Gasteiger partial charge is 0.416 e. The Balaban J connectivity index is 2.01. The third kappa shape index (κ3) is 2.96. The molecule has 0 N–H and O–H groups in total. The van der Waals surface area contributed by atoms with E-state index >= 15 is 0 Å². The molecule has 3 rings (SSSR count). The van der Waals surface area contributed by atoms with Crippen LogP contribution in [-0.4, -0.2) is 29.4 Å². The van der Waals surface area contributed by atoms with Crippen molar-refractivity contribution in [2.24, 2.45) is 0 Å². The Morgan fingerprint density at radius 2 is 2.23 bits per heavy atom. The smallest absolute Gasteiger partial charge is 0.377 e. The van der Waals surface area contributed by atoms with Gasteiger partial charge in [0.15, 0.2) is 0 Å². The zero-order valence-electron chi connectivity index (χ0n) is 12.2. The van der Waals surface area contributed by atoms with Crippen molar-refractivity contribution >= 4 is 11.0 Å². The van der Waals surface area contributed by atoms with Gasteiger partial charge >= 0.3 is 6.18 Å². The Hall–Kier alpha value is -1.60. The second kappa shape index (κ2) is 5.89. The Morgan fingerprint density at radius 1 is 1.41 bits per heavy atom. The number of benzene rings is 1. The molecule has 1 aromatic carbocycles. The first-order valence-corrected chi connectivity index (χ1v) is 7.16. The lowest BCUT2D eigenvalue weighted by Crippen LogP contribution is -2.17. The molecule has 4 nitrogen and oxygen atoms in total. The Labute approximate surface area is 125 Å². The average Bonchev–Trinajstić information content (AvgIpc) is 3.07. The summed E-state index contributed by atoms with van der Waals surface area (Å²) in [5.74, 6) is 0.618. The molecule has 22 heavy (non-hydrogen) atoms. The van der Waals surface area contributed by atoms with Gasteiger partial charge in [-0.1, -0.05) is 0 Å². The summed E-state index contributed by atoms with van der Waals surface area (Å²) in [6.07, 6.45) is -2.33. The first-order valence-electron chi connectivity index (χ1n) is 7.16. The topological polar surface area (TPSA) is 36.3 Å². The zero-order chi connectivity index (χ0) is 15.7. The molecule has 0 spiro atoms. The Kier molecular flexibility index (Phi) is 4.10. The van der Waals surface area contributed by atoms with Gasteiger partial charge in [0.2, 0.25) is 0 Å². The molecule has 1 saturated heterocycles. The maximum atomic E-state index is 12.8. The molecule has 1 aromatic heterocycles. The Bertz CT molecular complexity index is 661. The average molecular weight is 314 g/mol. The number of ether oxygens (including phenoxy) is 2. The van der Waals surface area contributed by atoms with Crippen LogP contribution in [0.2, 0.25) is 0 Å². The summed E-state index contributed by atoms with van der Waals surface area (Å²) in [5.41, 5.74) is 0.321. The summed E-state index contributed by atoms with van der Waals surface area (Å²) in [6.45, 7) is 1.57. The lowest BCUT2D eigenvalue weighted by molar-refractivity contribution is -0.137. The van der Waals surface area contributed by atoms with Crippen LogP contribution in [0.25, 0.3) is 11.0 Å².